The maximum atomic E-state index is 12.6. The summed E-state index contributed by atoms with van der Waals surface area (Å²) in [5, 5.41) is 3.01. The summed E-state index contributed by atoms with van der Waals surface area (Å²) in [6.07, 6.45) is 2.55. The Morgan fingerprint density at radius 1 is 1.32 bits per heavy atom. The molecule has 2 amide bonds. The Kier molecular flexibility index (Phi) is 7.29. The second kappa shape index (κ2) is 9.44. The third-order valence-corrected chi connectivity index (χ3v) is 4.86. The number of ether oxygens (including phenoxy) is 1. The predicted molar refractivity (Wildman–Crippen MR) is 98.2 cm³/mol. The molecule has 5 nitrogen and oxygen atoms in total. The Labute approximate surface area is 150 Å². The number of carbonyl (C=O) groups excluding carboxylic acids is 2. The molecule has 2 rings (SSSR count). The van der Waals surface area contributed by atoms with Crippen LogP contribution in [0.15, 0.2) is 24.3 Å². The highest BCUT2D eigenvalue weighted by Gasteiger charge is 2.29. The number of hydrogen-bond donors (Lipinski definition) is 1. The zero-order valence-electron chi connectivity index (χ0n) is 15.6. The van der Waals surface area contributed by atoms with Crippen LogP contribution in [0.4, 0.5) is 0 Å². The number of benzene rings is 1. The smallest absolute Gasteiger partial charge is 0.225 e. The van der Waals surface area contributed by atoms with Crippen molar-refractivity contribution < 1.29 is 14.3 Å². The molecule has 1 fully saturated rings. The highest BCUT2D eigenvalue weighted by atomic mass is 16.5. The van der Waals surface area contributed by atoms with E-state index < -0.39 is 0 Å². The second-order valence-electron chi connectivity index (χ2n) is 6.69. The standard InChI is InChI=1S/C20H30N2O3/c1-4-15(3)20(24)22-12-8-10-17(14-22)19(23)21-13-16-9-6-7-11-18(16)25-5-2/h6-7,9,11,15,17H,4-5,8,10,12-14H2,1-3H3,(H,21,23)/t15-,17+/m0/s1. The predicted octanol–water partition coefficient (Wildman–Crippen LogP) is 2.99. The Balaban J connectivity index is 1.91. The average Bonchev–Trinajstić information content (AvgIpc) is 2.66. The SMILES string of the molecule is CCOc1ccccc1CNC(=O)[C@@H]1CCCN(C(=O)[C@@H](C)CC)C1. The van der Waals surface area contributed by atoms with Gasteiger partial charge in [0.25, 0.3) is 0 Å². The minimum atomic E-state index is -0.124. The highest BCUT2D eigenvalue weighted by Crippen LogP contribution is 2.21. The third-order valence-electron chi connectivity index (χ3n) is 4.86. The van der Waals surface area contributed by atoms with Crippen molar-refractivity contribution in [3.63, 3.8) is 0 Å². The number of piperidine rings is 1. The van der Waals surface area contributed by atoms with Crippen LogP contribution < -0.4 is 10.1 Å². The molecule has 1 aromatic carbocycles. The lowest BCUT2D eigenvalue weighted by molar-refractivity contribution is -0.139. The Morgan fingerprint density at radius 2 is 2.08 bits per heavy atom. The van der Waals surface area contributed by atoms with E-state index in [0.717, 1.165) is 37.1 Å². The van der Waals surface area contributed by atoms with E-state index in [9.17, 15) is 9.59 Å². The molecule has 0 radical (unpaired) electrons. The van der Waals surface area contributed by atoms with Crippen molar-refractivity contribution in [3.8, 4) is 5.75 Å². The monoisotopic (exact) mass is 346 g/mol. The molecule has 0 aromatic heterocycles. The van der Waals surface area contributed by atoms with E-state index in [-0.39, 0.29) is 23.7 Å². The molecule has 1 aliphatic heterocycles. The van der Waals surface area contributed by atoms with Crippen molar-refractivity contribution in [3.05, 3.63) is 29.8 Å². The van der Waals surface area contributed by atoms with Crippen LogP contribution in [0, 0.1) is 11.8 Å². The van der Waals surface area contributed by atoms with Gasteiger partial charge in [-0.15, -0.1) is 0 Å². The molecule has 0 aliphatic carbocycles. The van der Waals surface area contributed by atoms with Crippen molar-refractivity contribution in [1.29, 1.82) is 0 Å². The fourth-order valence-corrected chi connectivity index (χ4v) is 3.15. The molecule has 0 bridgehead atoms. The van der Waals surface area contributed by atoms with Gasteiger partial charge in [0.1, 0.15) is 5.75 Å². The molecular weight excluding hydrogens is 316 g/mol. The summed E-state index contributed by atoms with van der Waals surface area (Å²) in [6.45, 7) is 8.26. The first-order valence-electron chi connectivity index (χ1n) is 9.34. The quantitative estimate of drug-likeness (QED) is 0.826. The van der Waals surface area contributed by atoms with Crippen LogP contribution >= 0.6 is 0 Å². The van der Waals surface area contributed by atoms with Crippen molar-refractivity contribution >= 4 is 11.8 Å². The molecule has 25 heavy (non-hydrogen) atoms. The van der Waals surface area contributed by atoms with E-state index in [2.05, 4.69) is 5.32 Å². The van der Waals surface area contributed by atoms with Gasteiger partial charge in [0.2, 0.25) is 11.8 Å². The summed E-state index contributed by atoms with van der Waals surface area (Å²) in [5.74, 6) is 0.901. The molecule has 2 atom stereocenters. The van der Waals surface area contributed by atoms with Gasteiger partial charge in [-0.3, -0.25) is 9.59 Å². The lowest BCUT2D eigenvalue weighted by Gasteiger charge is -2.33. The van der Waals surface area contributed by atoms with Crippen LogP contribution in [-0.2, 0) is 16.1 Å². The first-order chi connectivity index (χ1) is 12.1. The summed E-state index contributed by atoms with van der Waals surface area (Å²) in [6, 6.07) is 7.75. The van der Waals surface area contributed by atoms with Gasteiger partial charge in [0, 0.05) is 31.1 Å². The molecular formula is C20H30N2O3. The number of amides is 2. The van der Waals surface area contributed by atoms with Crippen LogP contribution in [0.5, 0.6) is 5.75 Å². The van der Waals surface area contributed by atoms with Gasteiger partial charge < -0.3 is 15.0 Å². The summed E-state index contributed by atoms with van der Waals surface area (Å²) >= 11 is 0. The summed E-state index contributed by atoms with van der Waals surface area (Å²) in [7, 11) is 0. The number of hydrogen-bond acceptors (Lipinski definition) is 3. The van der Waals surface area contributed by atoms with E-state index in [0.29, 0.717) is 19.7 Å². The molecule has 1 aliphatic rings. The van der Waals surface area contributed by atoms with Gasteiger partial charge in [0.15, 0.2) is 0 Å². The molecule has 0 unspecified atom stereocenters. The molecule has 1 saturated heterocycles. The van der Waals surface area contributed by atoms with Crippen LogP contribution in [-0.4, -0.2) is 36.4 Å². The summed E-state index contributed by atoms with van der Waals surface area (Å²) in [4.78, 5) is 26.8. The molecule has 5 heteroatoms. The Bertz CT molecular complexity index is 588. The lowest BCUT2D eigenvalue weighted by atomic mass is 9.95. The van der Waals surface area contributed by atoms with Crippen LogP contribution in [0.2, 0.25) is 0 Å². The van der Waals surface area contributed by atoms with Crippen molar-refractivity contribution in [1.82, 2.24) is 10.2 Å². The van der Waals surface area contributed by atoms with E-state index in [1.807, 2.05) is 49.9 Å². The fraction of sp³-hybridized carbons (Fsp3) is 0.600. The zero-order valence-corrected chi connectivity index (χ0v) is 15.6. The van der Waals surface area contributed by atoms with Gasteiger partial charge in [-0.1, -0.05) is 32.0 Å². The minimum Gasteiger partial charge on any atom is -0.494 e. The normalized spacial score (nSPS) is 18.5. The molecule has 1 heterocycles. The average molecular weight is 346 g/mol. The van der Waals surface area contributed by atoms with Crippen molar-refractivity contribution in [2.75, 3.05) is 19.7 Å². The van der Waals surface area contributed by atoms with Crippen molar-refractivity contribution in [2.24, 2.45) is 11.8 Å². The van der Waals surface area contributed by atoms with Crippen LogP contribution in [0.1, 0.15) is 45.6 Å². The number of likely N-dealkylation sites (tertiary alicyclic amines) is 1. The van der Waals surface area contributed by atoms with E-state index >= 15 is 0 Å². The van der Waals surface area contributed by atoms with Gasteiger partial charge >= 0.3 is 0 Å². The zero-order chi connectivity index (χ0) is 18.2. The Hall–Kier alpha value is -2.04. The van der Waals surface area contributed by atoms with E-state index in [4.69, 9.17) is 4.74 Å². The minimum absolute atomic E-state index is 0.0213. The van der Waals surface area contributed by atoms with Crippen molar-refractivity contribution in [2.45, 2.75) is 46.6 Å². The Morgan fingerprint density at radius 3 is 2.80 bits per heavy atom. The van der Waals surface area contributed by atoms with E-state index in [1.54, 1.807) is 0 Å². The van der Waals surface area contributed by atoms with Crippen LogP contribution in [0.25, 0.3) is 0 Å². The second-order valence-corrected chi connectivity index (χ2v) is 6.69. The van der Waals surface area contributed by atoms with Gasteiger partial charge in [-0.2, -0.15) is 0 Å². The lowest BCUT2D eigenvalue weighted by Crippen LogP contribution is -2.46. The molecule has 0 saturated carbocycles. The van der Waals surface area contributed by atoms with Gasteiger partial charge in [-0.25, -0.2) is 0 Å². The van der Waals surface area contributed by atoms with Gasteiger partial charge in [-0.05, 0) is 32.3 Å². The summed E-state index contributed by atoms with van der Waals surface area (Å²) < 4.78 is 5.60. The number of rotatable bonds is 7. The number of nitrogens with one attached hydrogen (secondary N) is 1. The first kappa shape index (κ1) is 19.3. The number of nitrogens with zero attached hydrogens (tertiary/aromatic N) is 1. The third kappa shape index (κ3) is 5.21. The maximum absolute atomic E-state index is 12.6. The highest BCUT2D eigenvalue weighted by molar-refractivity contribution is 5.82. The number of carbonyl (C=O) groups is 2. The topological polar surface area (TPSA) is 58.6 Å². The molecule has 0 spiro atoms. The summed E-state index contributed by atoms with van der Waals surface area (Å²) in [5.41, 5.74) is 0.973. The fourth-order valence-electron chi connectivity index (χ4n) is 3.15. The molecule has 1 aromatic rings. The van der Waals surface area contributed by atoms with E-state index in [1.165, 1.54) is 0 Å². The first-order valence-corrected chi connectivity index (χ1v) is 9.34. The van der Waals surface area contributed by atoms with Crippen LogP contribution in [0.3, 0.4) is 0 Å². The van der Waals surface area contributed by atoms with Gasteiger partial charge in [0.05, 0.1) is 12.5 Å². The number of para-hydroxylation sites is 1. The molecule has 138 valence electrons. The maximum Gasteiger partial charge on any atom is 0.225 e. The molecule has 1 N–H and O–H groups in total. The largest absolute Gasteiger partial charge is 0.494 e.